The molecule has 0 aliphatic rings. The minimum absolute atomic E-state index is 0.654. The summed E-state index contributed by atoms with van der Waals surface area (Å²) >= 11 is 0. The summed E-state index contributed by atoms with van der Waals surface area (Å²) in [7, 11) is 0. The molecule has 0 aromatic carbocycles. The molecule has 52 valence electrons. The topological polar surface area (TPSA) is 0 Å². The van der Waals surface area contributed by atoms with E-state index in [1.54, 1.807) is 0 Å². The molecule has 0 rings (SSSR count). The van der Waals surface area contributed by atoms with Crippen LogP contribution >= 0.6 is 0 Å². The van der Waals surface area contributed by atoms with Crippen LogP contribution in [0.4, 0.5) is 0 Å². The summed E-state index contributed by atoms with van der Waals surface area (Å²) in [4.78, 5) is 0. The molecule has 0 aliphatic carbocycles. The van der Waals surface area contributed by atoms with E-state index >= 15 is 0 Å². The number of hydrogen-bond donors (Lipinski definition) is 0. The molecular formula is C9H16. The average molecular weight is 124 g/mol. The number of rotatable bonds is 2. The van der Waals surface area contributed by atoms with Gasteiger partial charge in [-0.25, -0.2) is 0 Å². The maximum Gasteiger partial charge on any atom is -0.0260 e. The molecule has 0 aromatic rings. The van der Waals surface area contributed by atoms with Crippen LogP contribution in [0.2, 0.25) is 0 Å². The Hall–Kier alpha value is -0.520. The first-order valence-electron chi connectivity index (χ1n) is 3.37. The number of allylic oxidation sites excluding steroid dienone is 3. The molecule has 0 bridgehead atoms. The molecule has 0 unspecified atom stereocenters. The lowest BCUT2D eigenvalue weighted by Crippen LogP contribution is -1.87. The van der Waals surface area contributed by atoms with Gasteiger partial charge in [0.15, 0.2) is 0 Å². The van der Waals surface area contributed by atoms with Crippen molar-refractivity contribution in [2.24, 2.45) is 5.92 Å². The smallest absolute Gasteiger partial charge is 0.0260 e. The quantitative estimate of drug-likeness (QED) is 0.496. The second kappa shape index (κ2) is 3.49. The molecule has 0 radical (unpaired) electrons. The first kappa shape index (κ1) is 8.48. The summed E-state index contributed by atoms with van der Waals surface area (Å²) in [6, 6.07) is 0. The van der Waals surface area contributed by atoms with E-state index in [9.17, 15) is 0 Å². The fourth-order valence-electron chi connectivity index (χ4n) is 0.555. The fraction of sp³-hybridized carbons (Fsp3) is 0.556. The third kappa shape index (κ3) is 4.01. The van der Waals surface area contributed by atoms with Crippen molar-refractivity contribution in [2.75, 3.05) is 0 Å². The molecule has 0 nitrogen and oxygen atoms in total. The van der Waals surface area contributed by atoms with Crippen molar-refractivity contribution in [3.63, 3.8) is 0 Å². The van der Waals surface area contributed by atoms with Gasteiger partial charge in [-0.3, -0.25) is 0 Å². The van der Waals surface area contributed by atoms with Crippen LogP contribution in [0.25, 0.3) is 0 Å². The molecular weight excluding hydrogens is 108 g/mol. The SMILES string of the molecule is C=C(C)/C=C(/C)C(C)C. The van der Waals surface area contributed by atoms with Gasteiger partial charge in [0.05, 0.1) is 0 Å². The van der Waals surface area contributed by atoms with Gasteiger partial charge in [0.1, 0.15) is 0 Å². The maximum atomic E-state index is 3.80. The summed E-state index contributed by atoms with van der Waals surface area (Å²) in [5.41, 5.74) is 2.55. The molecule has 9 heavy (non-hydrogen) atoms. The Morgan fingerprint density at radius 1 is 1.33 bits per heavy atom. The summed E-state index contributed by atoms with van der Waals surface area (Å²) in [6.45, 7) is 12.3. The van der Waals surface area contributed by atoms with Crippen LogP contribution in [0.5, 0.6) is 0 Å². The van der Waals surface area contributed by atoms with Crippen molar-refractivity contribution in [2.45, 2.75) is 27.7 Å². The lowest BCUT2D eigenvalue weighted by atomic mass is 10.0. The molecule has 0 aromatic heterocycles. The lowest BCUT2D eigenvalue weighted by molar-refractivity contribution is 0.768. The minimum atomic E-state index is 0.654. The van der Waals surface area contributed by atoms with Crippen molar-refractivity contribution in [3.05, 3.63) is 23.8 Å². The molecule has 0 aliphatic heterocycles. The Morgan fingerprint density at radius 3 is 1.89 bits per heavy atom. The average Bonchev–Trinajstić information content (AvgIpc) is 1.63. The first-order chi connectivity index (χ1) is 4.04. The molecule has 0 spiro atoms. The highest BCUT2D eigenvalue weighted by Crippen LogP contribution is 2.09. The Labute approximate surface area is 58.3 Å². The molecule has 0 fully saturated rings. The second-order valence-corrected chi connectivity index (χ2v) is 2.89. The molecule has 0 heteroatoms. The van der Waals surface area contributed by atoms with Gasteiger partial charge in [-0.1, -0.05) is 37.6 Å². The van der Waals surface area contributed by atoms with Crippen molar-refractivity contribution >= 4 is 0 Å². The molecule has 0 atom stereocenters. The molecule has 0 heterocycles. The lowest BCUT2D eigenvalue weighted by Gasteiger charge is -2.03. The van der Waals surface area contributed by atoms with E-state index < -0.39 is 0 Å². The van der Waals surface area contributed by atoms with Gasteiger partial charge in [-0.15, -0.1) is 0 Å². The Kier molecular flexibility index (Phi) is 3.29. The Morgan fingerprint density at radius 2 is 1.78 bits per heavy atom. The van der Waals surface area contributed by atoms with E-state index in [0.29, 0.717) is 5.92 Å². The second-order valence-electron chi connectivity index (χ2n) is 2.89. The minimum Gasteiger partial charge on any atom is -0.0961 e. The fourth-order valence-corrected chi connectivity index (χ4v) is 0.555. The van der Waals surface area contributed by atoms with Crippen LogP contribution in [0, 0.1) is 5.92 Å². The van der Waals surface area contributed by atoms with Crippen molar-refractivity contribution in [3.8, 4) is 0 Å². The first-order valence-corrected chi connectivity index (χ1v) is 3.37. The van der Waals surface area contributed by atoms with Crippen LogP contribution in [0.1, 0.15) is 27.7 Å². The van der Waals surface area contributed by atoms with Gasteiger partial charge in [-0.2, -0.15) is 0 Å². The van der Waals surface area contributed by atoms with Gasteiger partial charge >= 0.3 is 0 Å². The third-order valence-corrected chi connectivity index (χ3v) is 1.38. The van der Waals surface area contributed by atoms with Crippen LogP contribution in [0.3, 0.4) is 0 Å². The predicted octanol–water partition coefficient (Wildman–Crippen LogP) is 3.16. The summed E-state index contributed by atoms with van der Waals surface area (Å²) < 4.78 is 0. The van der Waals surface area contributed by atoms with Gasteiger partial charge in [0.25, 0.3) is 0 Å². The summed E-state index contributed by atoms with van der Waals surface area (Å²) in [5, 5.41) is 0. The Bertz CT molecular complexity index is 127. The molecule has 0 amide bonds. The van der Waals surface area contributed by atoms with E-state index in [0.717, 1.165) is 5.57 Å². The van der Waals surface area contributed by atoms with E-state index in [4.69, 9.17) is 0 Å². The van der Waals surface area contributed by atoms with E-state index in [1.165, 1.54) is 5.57 Å². The highest BCUT2D eigenvalue weighted by Gasteiger charge is 1.93. The zero-order valence-electron chi connectivity index (χ0n) is 6.86. The van der Waals surface area contributed by atoms with E-state index in [2.05, 4.69) is 33.4 Å². The summed E-state index contributed by atoms with van der Waals surface area (Å²) in [5.74, 6) is 0.654. The van der Waals surface area contributed by atoms with Crippen LogP contribution in [-0.2, 0) is 0 Å². The van der Waals surface area contributed by atoms with Crippen LogP contribution < -0.4 is 0 Å². The van der Waals surface area contributed by atoms with Gasteiger partial charge < -0.3 is 0 Å². The third-order valence-electron chi connectivity index (χ3n) is 1.38. The van der Waals surface area contributed by atoms with Crippen molar-refractivity contribution < 1.29 is 0 Å². The molecule has 0 saturated heterocycles. The maximum absolute atomic E-state index is 3.80. The monoisotopic (exact) mass is 124 g/mol. The normalized spacial score (nSPS) is 12.3. The predicted molar refractivity (Wildman–Crippen MR) is 43.4 cm³/mol. The largest absolute Gasteiger partial charge is 0.0961 e. The van der Waals surface area contributed by atoms with Crippen LogP contribution in [0.15, 0.2) is 23.8 Å². The van der Waals surface area contributed by atoms with E-state index in [-0.39, 0.29) is 0 Å². The highest BCUT2D eigenvalue weighted by molar-refractivity contribution is 5.18. The van der Waals surface area contributed by atoms with Gasteiger partial charge in [0.2, 0.25) is 0 Å². The molecule has 0 saturated carbocycles. The highest BCUT2D eigenvalue weighted by atomic mass is 14.0. The Balaban J connectivity index is 4.00. The van der Waals surface area contributed by atoms with Crippen molar-refractivity contribution in [1.82, 2.24) is 0 Å². The van der Waals surface area contributed by atoms with Crippen LogP contribution in [-0.4, -0.2) is 0 Å². The van der Waals surface area contributed by atoms with Gasteiger partial charge in [-0.05, 0) is 19.8 Å². The standard InChI is InChI=1S/C9H16/c1-7(2)6-9(5)8(3)4/h6,8H,1H2,2-5H3/b9-6-. The zero-order chi connectivity index (χ0) is 7.44. The zero-order valence-corrected chi connectivity index (χ0v) is 6.86. The molecule has 0 N–H and O–H groups in total. The van der Waals surface area contributed by atoms with Gasteiger partial charge in [0, 0.05) is 0 Å². The summed E-state index contributed by atoms with van der Waals surface area (Å²) in [6.07, 6.45) is 2.13. The van der Waals surface area contributed by atoms with Crippen molar-refractivity contribution in [1.29, 1.82) is 0 Å². The van der Waals surface area contributed by atoms with E-state index in [1.807, 2.05) is 6.92 Å². The number of hydrogen-bond acceptors (Lipinski definition) is 0.